The average Bonchev–Trinajstić information content (AvgIpc) is 2.65. The van der Waals surface area contributed by atoms with E-state index in [4.69, 9.17) is 14.6 Å². The van der Waals surface area contributed by atoms with Crippen LogP contribution in [0.1, 0.15) is 36.0 Å². The lowest BCUT2D eigenvalue weighted by Crippen LogP contribution is -2.51. The maximum absolute atomic E-state index is 13.0. The third kappa shape index (κ3) is 4.03. The molecule has 0 unspecified atom stereocenters. The minimum atomic E-state index is -1.07. The molecule has 2 atom stereocenters. The van der Waals surface area contributed by atoms with Crippen LogP contribution in [0.2, 0.25) is 0 Å². The van der Waals surface area contributed by atoms with Gasteiger partial charge in [-0.1, -0.05) is 12.8 Å². The largest absolute Gasteiger partial charge is 0.493 e. The molecule has 1 saturated carbocycles. The highest BCUT2D eigenvalue weighted by molar-refractivity contribution is 8.00. The summed E-state index contributed by atoms with van der Waals surface area (Å²) in [5.74, 6) is 0.576. The van der Waals surface area contributed by atoms with Gasteiger partial charge in [0.2, 0.25) is 0 Å². The molecule has 1 heterocycles. The lowest BCUT2D eigenvalue weighted by Gasteiger charge is -2.43. The molecule has 0 bridgehead atoms. The molecule has 1 aromatic rings. The number of aliphatic carboxylic acids is 1. The normalized spacial score (nSPS) is 22.8. The van der Waals surface area contributed by atoms with Crippen molar-refractivity contribution in [2.45, 2.75) is 37.0 Å². The van der Waals surface area contributed by atoms with Crippen molar-refractivity contribution in [2.75, 3.05) is 26.0 Å². The fraction of sp³-hybridized carbons (Fsp3) is 0.556. The Balaban J connectivity index is 1.81. The van der Waals surface area contributed by atoms with Gasteiger partial charge in [-0.25, -0.2) is 4.79 Å². The maximum atomic E-state index is 13.0. The third-order valence-electron chi connectivity index (χ3n) is 4.75. The van der Waals surface area contributed by atoms with E-state index in [-0.39, 0.29) is 11.7 Å². The van der Waals surface area contributed by atoms with Crippen molar-refractivity contribution in [3.05, 3.63) is 23.8 Å². The maximum Gasteiger partial charge on any atom is 0.341 e. The Hall–Kier alpha value is -1.89. The monoisotopic (exact) mass is 365 g/mol. The molecular weight excluding hydrogens is 342 g/mol. The van der Waals surface area contributed by atoms with Gasteiger partial charge < -0.3 is 19.5 Å². The number of carboxylic acid groups (broad SMARTS) is 1. The molecule has 0 spiro atoms. The van der Waals surface area contributed by atoms with Crippen LogP contribution in [-0.4, -0.2) is 59.2 Å². The van der Waals surface area contributed by atoms with Crippen molar-refractivity contribution >= 4 is 23.6 Å². The molecule has 6 nitrogen and oxygen atoms in total. The van der Waals surface area contributed by atoms with Crippen LogP contribution in [0.3, 0.4) is 0 Å². The fourth-order valence-corrected chi connectivity index (χ4v) is 5.02. The molecule has 3 rings (SSSR count). The van der Waals surface area contributed by atoms with Crippen molar-refractivity contribution in [2.24, 2.45) is 0 Å². The van der Waals surface area contributed by atoms with Crippen molar-refractivity contribution in [1.29, 1.82) is 0 Å². The summed E-state index contributed by atoms with van der Waals surface area (Å²) >= 11 is 1.98. The number of benzene rings is 1. The molecular formula is C18H23NO5S. The smallest absolute Gasteiger partial charge is 0.341 e. The molecule has 25 heavy (non-hydrogen) atoms. The molecule has 1 aromatic carbocycles. The van der Waals surface area contributed by atoms with Gasteiger partial charge in [-0.05, 0) is 31.0 Å². The number of hydrogen-bond acceptors (Lipinski definition) is 5. The minimum absolute atomic E-state index is 0.0139. The Morgan fingerprint density at radius 1 is 1.28 bits per heavy atom. The van der Waals surface area contributed by atoms with E-state index in [1.165, 1.54) is 26.4 Å². The van der Waals surface area contributed by atoms with Gasteiger partial charge in [0.1, 0.15) is 0 Å². The molecule has 2 aliphatic rings. The summed E-state index contributed by atoms with van der Waals surface area (Å²) < 4.78 is 10.5. The van der Waals surface area contributed by atoms with E-state index in [2.05, 4.69) is 0 Å². The highest BCUT2D eigenvalue weighted by Gasteiger charge is 2.36. The Kier molecular flexibility index (Phi) is 5.73. The summed E-state index contributed by atoms with van der Waals surface area (Å²) in [7, 11) is 1.49. The quantitative estimate of drug-likeness (QED) is 0.865. The first-order valence-electron chi connectivity index (χ1n) is 8.55. The molecule has 1 amide bonds. The van der Waals surface area contributed by atoms with Crippen LogP contribution < -0.4 is 9.47 Å². The molecule has 0 radical (unpaired) electrons. The SMILES string of the molecule is COc1ccc(C(=O)N2CCS[C@H]3CCCC[C@@H]32)cc1OCC(=O)O. The molecule has 1 aliphatic carbocycles. The number of thioether (sulfide) groups is 1. The van der Waals surface area contributed by atoms with Crippen molar-refractivity contribution in [1.82, 2.24) is 4.90 Å². The van der Waals surface area contributed by atoms with Crippen molar-refractivity contribution in [3.8, 4) is 11.5 Å². The van der Waals surface area contributed by atoms with Gasteiger partial charge in [0.05, 0.1) is 7.11 Å². The Morgan fingerprint density at radius 3 is 2.84 bits per heavy atom. The van der Waals surface area contributed by atoms with Gasteiger partial charge in [0.25, 0.3) is 5.91 Å². The zero-order valence-electron chi connectivity index (χ0n) is 14.3. The third-order valence-corrected chi connectivity index (χ3v) is 6.15. The molecule has 0 aromatic heterocycles. The van der Waals surface area contributed by atoms with E-state index >= 15 is 0 Å². The van der Waals surface area contributed by atoms with Gasteiger partial charge in [-0.15, -0.1) is 0 Å². The number of amides is 1. The van der Waals surface area contributed by atoms with Crippen LogP contribution in [0.5, 0.6) is 11.5 Å². The van der Waals surface area contributed by atoms with Crippen molar-refractivity contribution < 1.29 is 24.2 Å². The minimum Gasteiger partial charge on any atom is -0.493 e. The van der Waals surface area contributed by atoms with Gasteiger partial charge >= 0.3 is 5.97 Å². The van der Waals surface area contributed by atoms with Crippen molar-refractivity contribution in [3.63, 3.8) is 0 Å². The number of methoxy groups -OCH3 is 1. The van der Waals surface area contributed by atoms with E-state index in [0.717, 1.165) is 18.7 Å². The Labute approximate surface area is 151 Å². The summed E-state index contributed by atoms with van der Waals surface area (Å²) in [6.45, 7) is 0.279. The highest BCUT2D eigenvalue weighted by atomic mass is 32.2. The van der Waals surface area contributed by atoms with E-state index < -0.39 is 12.6 Å². The first-order valence-corrected chi connectivity index (χ1v) is 9.60. The number of hydrogen-bond donors (Lipinski definition) is 1. The highest BCUT2D eigenvalue weighted by Crippen LogP contribution is 2.37. The fourth-order valence-electron chi connectivity index (χ4n) is 3.58. The molecule has 7 heteroatoms. The summed E-state index contributed by atoms with van der Waals surface area (Å²) in [6, 6.07) is 5.25. The second kappa shape index (κ2) is 7.99. The van der Waals surface area contributed by atoms with Crippen LogP contribution in [0.15, 0.2) is 18.2 Å². The van der Waals surface area contributed by atoms with Crippen LogP contribution in [0, 0.1) is 0 Å². The van der Waals surface area contributed by atoms with E-state index in [1.54, 1.807) is 18.2 Å². The lowest BCUT2D eigenvalue weighted by molar-refractivity contribution is -0.139. The summed E-state index contributed by atoms with van der Waals surface area (Å²) in [5, 5.41) is 9.34. The van der Waals surface area contributed by atoms with E-state index in [0.29, 0.717) is 22.6 Å². The molecule has 1 saturated heterocycles. The Morgan fingerprint density at radius 2 is 2.08 bits per heavy atom. The summed E-state index contributed by atoms with van der Waals surface area (Å²) in [4.78, 5) is 25.8. The predicted molar refractivity (Wildman–Crippen MR) is 95.7 cm³/mol. The lowest BCUT2D eigenvalue weighted by atomic mass is 9.92. The zero-order chi connectivity index (χ0) is 17.8. The first-order chi connectivity index (χ1) is 12.1. The number of rotatable bonds is 5. The van der Waals surface area contributed by atoms with Gasteiger partial charge in [-0.2, -0.15) is 11.8 Å². The van der Waals surface area contributed by atoms with E-state index in [1.807, 2.05) is 16.7 Å². The predicted octanol–water partition coefficient (Wildman–Crippen LogP) is 2.66. The second-order valence-corrected chi connectivity index (χ2v) is 7.65. The van der Waals surface area contributed by atoms with Crippen LogP contribution >= 0.6 is 11.8 Å². The van der Waals surface area contributed by atoms with Crippen LogP contribution in [-0.2, 0) is 4.79 Å². The average molecular weight is 365 g/mol. The number of nitrogens with zero attached hydrogens (tertiary/aromatic N) is 1. The first kappa shape index (κ1) is 17.9. The summed E-state index contributed by atoms with van der Waals surface area (Å²) in [5.41, 5.74) is 0.511. The van der Waals surface area contributed by atoms with Gasteiger partial charge in [0, 0.05) is 29.2 Å². The topological polar surface area (TPSA) is 76.1 Å². The number of carbonyl (C=O) groups is 2. The molecule has 2 fully saturated rings. The van der Waals surface area contributed by atoms with Gasteiger partial charge in [-0.3, -0.25) is 4.79 Å². The number of carboxylic acids is 1. The zero-order valence-corrected chi connectivity index (χ0v) is 15.1. The van der Waals surface area contributed by atoms with E-state index in [9.17, 15) is 9.59 Å². The van der Waals surface area contributed by atoms with Crippen LogP contribution in [0.25, 0.3) is 0 Å². The second-order valence-electron chi connectivity index (χ2n) is 6.31. The number of carbonyl (C=O) groups excluding carboxylic acids is 1. The Bertz CT molecular complexity index is 648. The molecule has 136 valence electrons. The number of ether oxygens (including phenoxy) is 2. The molecule has 1 N–H and O–H groups in total. The van der Waals surface area contributed by atoms with Gasteiger partial charge in [0.15, 0.2) is 18.1 Å². The molecule has 1 aliphatic heterocycles. The van der Waals surface area contributed by atoms with Crippen LogP contribution in [0.4, 0.5) is 0 Å². The summed E-state index contributed by atoms with van der Waals surface area (Å²) in [6.07, 6.45) is 4.64. The number of fused-ring (bicyclic) bond motifs is 1. The standard InChI is InChI=1S/C18H23NO5S/c1-23-14-7-6-12(10-15(14)24-11-17(20)21)18(22)19-8-9-25-16-5-3-2-4-13(16)19/h6-7,10,13,16H,2-5,8-9,11H2,1H3,(H,20,21)/t13-,16-/m0/s1.